The highest BCUT2D eigenvalue weighted by Crippen LogP contribution is 2.35. The molecule has 0 amide bonds. The fourth-order valence-electron chi connectivity index (χ4n) is 0.789. The number of rotatable bonds is 5. The fraction of sp³-hybridized carbons (Fsp3) is 0.889. The van der Waals surface area contributed by atoms with Gasteiger partial charge in [0.15, 0.2) is 6.61 Å². The second-order valence-corrected chi connectivity index (χ2v) is 3.58. The molecule has 0 radical (unpaired) electrons. The molecule has 0 aliphatic carbocycles. The Balaban J connectivity index is 4.42. The Hall–Kier alpha value is -0.950. The predicted octanol–water partition coefficient (Wildman–Crippen LogP) is 3.11. The molecule has 0 aromatic heterocycles. The average Bonchev–Trinajstić information content (AvgIpc) is 2.22. The van der Waals surface area contributed by atoms with Crippen molar-refractivity contribution in [3.63, 3.8) is 0 Å². The van der Waals surface area contributed by atoms with E-state index >= 15 is 0 Å². The zero-order chi connectivity index (χ0) is 13.9. The van der Waals surface area contributed by atoms with Gasteiger partial charge in [-0.15, -0.1) is 0 Å². The van der Waals surface area contributed by atoms with Crippen molar-refractivity contribution in [2.75, 3.05) is 6.61 Å². The maximum absolute atomic E-state index is 12.7. The molecule has 0 aliphatic heterocycles. The van der Waals surface area contributed by atoms with Crippen molar-refractivity contribution in [2.45, 2.75) is 38.5 Å². The van der Waals surface area contributed by atoms with Crippen molar-refractivity contribution in [2.24, 2.45) is 5.92 Å². The summed E-state index contributed by atoms with van der Waals surface area (Å²) in [5.74, 6) is -6.59. The lowest BCUT2D eigenvalue weighted by atomic mass is 10.1. The average molecular weight is 266 g/mol. The molecule has 0 bridgehead atoms. The summed E-state index contributed by atoms with van der Waals surface area (Å²) in [5, 5.41) is 0. The second kappa shape index (κ2) is 5.59. The van der Waals surface area contributed by atoms with Crippen molar-refractivity contribution >= 4 is 5.97 Å². The first-order valence-electron chi connectivity index (χ1n) is 4.77. The highest BCUT2D eigenvalue weighted by atomic mass is 19.4. The Kier molecular flexibility index (Phi) is 5.28. The van der Waals surface area contributed by atoms with Crippen LogP contribution in [0.4, 0.5) is 26.3 Å². The highest BCUT2D eigenvalue weighted by molar-refractivity contribution is 5.71. The molecule has 0 fully saturated rings. The van der Waals surface area contributed by atoms with Gasteiger partial charge >= 0.3 is 18.1 Å². The zero-order valence-corrected chi connectivity index (χ0v) is 9.15. The number of carbonyl (C=O) groups excluding carboxylic acids is 1. The van der Waals surface area contributed by atoms with Gasteiger partial charge in [-0.3, -0.25) is 4.79 Å². The minimum atomic E-state index is -5.69. The maximum Gasteiger partial charge on any atom is 0.425 e. The molecule has 0 rings (SSSR count). The Labute approximate surface area is 93.9 Å². The van der Waals surface area contributed by atoms with Gasteiger partial charge in [-0.1, -0.05) is 13.8 Å². The van der Waals surface area contributed by atoms with Crippen molar-refractivity contribution in [3.05, 3.63) is 0 Å². The number of hydrogen-bond donors (Lipinski definition) is 0. The van der Waals surface area contributed by atoms with Gasteiger partial charge in [0.2, 0.25) is 0 Å². The monoisotopic (exact) mass is 266 g/mol. The number of alkyl halides is 6. The van der Waals surface area contributed by atoms with E-state index in [1.54, 1.807) is 6.92 Å². The zero-order valence-electron chi connectivity index (χ0n) is 9.15. The van der Waals surface area contributed by atoms with E-state index < -0.39 is 36.8 Å². The summed E-state index contributed by atoms with van der Waals surface area (Å²) in [6.07, 6.45) is -9.76. The number of carbonyl (C=O) groups is 1. The number of halogens is 6. The van der Waals surface area contributed by atoms with E-state index in [-0.39, 0.29) is 6.42 Å². The van der Waals surface area contributed by atoms with Gasteiger partial charge in [0.1, 0.15) is 0 Å². The third-order valence-electron chi connectivity index (χ3n) is 2.08. The van der Waals surface area contributed by atoms with Gasteiger partial charge in [0, 0.05) is 0 Å². The molecule has 0 aromatic rings. The van der Waals surface area contributed by atoms with E-state index in [2.05, 4.69) is 4.74 Å². The van der Waals surface area contributed by atoms with Gasteiger partial charge in [-0.05, 0) is 6.42 Å². The van der Waals surface area contributed by atoms with Gasteiger partial charge in [0.05, 0.1) is 5.92 Å². The van der Waals surface area contributed by atoms with E-state index in [0.29, 0.717) is 0 Å². The van der Waals surface area contributed by atoms with Gasteiger partial charge in [0.25, 0.3) is 6.17 Å². The first-order chi connectivity index (χ1) is 7.52. The standard InChI is InChI=1S/C9H12F6O2/c1-3-5(2)6(16)17-4-8(11,12)7(10)9(13,14)15/h5,7H,3-4H2,1-2H3. The van der Waals surface area contributed by atoms with Crippen LogP contribution in [-0.2, 0) is 9.53 Å². The quantitative estimate of drug-likeness (QED) is 0.564. The summed E-state index contributed by atoms with van der Waals surface area (Å²) < 4.78 is 76.7. The Bertz CT molecular complexity index is 263. The van der Waals surface area contributed by atoms with Crippen LogP contribution in [0, 0.1) is 5.92 Å². The smallest absolute Gasteiger partial charge is 0.425 e. The lowest BCUT2D eigenvalue weighted by Crippen LogP contribution is -2.45. The van der Waals surface area contributed by atoms with E-state index in [1.165, 1.54) is 6.92 Å². The Morgan fingerprint density at radius 1 is 1.24 bits per heavy atom. The first-order valence-corrected chi connectivity index (χ1v) is 4.77. The van der Waals surface area contributed by atoms with Crippen LogP contribution < -0.4 is 0 Å². The normalized spacial score (nSPS) is 16.5. The molecule has 0 saturated heterocycles. The third-order valence-corrected chi connectivity index (χ3v) is 2.08. The van der Waals surface area contributed by atoms with Crippen molar-refractivity contribution in [3.8, 4) is 0 Å². The molecule has 0 N–H and O–H groups in total. The molecule has 0 aliphatic rings. The summed E-state index contributed by atoms with van der Waals surface area (Å²) in [6, 6.07) is 0. The Morgan fingerprint density at radius 2 is 1.71 bits per heavy atom. The molecule has 2 nitrogen and oxygen atoms in total. The van der Waals surface area contributed by atoms with E-state index in [4.69, 9.17) is 0 Å². The van der Waals surface area contributed by atoms with Crippen LogP contribution in [-0.4, -0.2) is 30.8 Å². The van der Waals surface area contributed by atoms with Crippen molar-refractivity contribution in [1.29, 1.82) is 0 Å². The molecule has 17 heavy (non-hydrogen) atoms. The largest absolute Gasteiger partial charge is 0.459 e. The molecule has 8 heteroatoms. The minimum absolute atomic E-state index is 0.280. The SMILES string of the molecule is CCC(C)C(=O)OCC(F)(F)C(F)C(F)(F)F. The van der Waals surface area contributed by atoms with E-state index in [9.17, 15) is 31.1 Å². The topological polar surface area (TPSA) is 26.3 Å². The summed E-state index contributed by atoms with van der Waals surface area (Å²) in [6.45, 7) is 1.01. The number of hydrogen-bond acceptors (Lipinski definition) is 2. The van der Waals surface area contributed by atoms with E-state index in [0.717, 1.165) is 0 Å². The van der Waals surface area contributed by atoms with Crippen LogP contribution in [0.15, 0.2) is 0 Å². The van der Waals surface area contributed by atoms with Crippen LogP contribution >= 0.6 is 0 Å². The van der Waals surface area contributed by atoms with Crippen LogP contribution in [0.1, 0.15) is 20.3 Å². The van der Waals surface area contributed by atoms with Crippen LogP contribution in [0.25, 0.3) is 0 Å². The van der Waals surface area contributed by atoms with Gasteiger partial charge in [-0.2, -0.15) is 22.0 Å². The molecule has 2 unspecified atom stereocenters. The second-order valence-electron chi connectivity index (χ2n) is 3.58. The molecule has 0 aromatic carbocycles. The lowest BCUT2D eigenvalue weighted by molar-refractivity contribution is -0.254. The van der Waals surface area contributed by atoms with Gasteiger partial charge < -0.3 is 4.74 Å². The maximum atomic E-state index is 12.7. The van der Waals surface area contributed by atoms with Crippen LogP contribution in [0.5, 0.6) is 0 Å². The first kappa shape index (κ1) is 16.1. The molecule has 0 spiro atoms. The molecule has 0 heterocycles. The van der Waals surface area contributed by atoms with Crippen LogP contribution in [0.2, 0.25) is 0 Å². The molecule has 102 valence electrons. The fourth-order valence-corrected chi connectivity index (χ4v) is 0.789. The molecular formula is C9H12F6O2. The number of esters is 1. The molecular weight excluding hydrogens is 254 g/mol. The van der Waals surface area contributed by atoms with E-state index in [1.807, 2.05) is 0 Å². The summed E-state index contributed by atoms with van der Waals surface area (Å²) in [5.41, 5.74) is 0. The third kappa shape index (κ3) is 4.82. The van der Waals surface area contributed by atoms with Crippen LogP contribution in [0.3, 0.4) is 0 Å². The van der Waals surface area contributed by atoms with Crippen molar-refractivity contribution < 1.29 is 35.9 Å². The number of ether oxygens (including phenoxy) is 1. The highest BCUT2D eigenvalue weighted by Gasteiger charge is 2.57. The minimum Gasteiger partial charge on any atom is -0.459 e. The predicted molar refractivity (Wildman–Crippen MR) is 46.3 cm³/mol. The summed E-state index contributed by atoms with van der Waals surface area (Å²) in [4.78, 5) is 10.9. The van der Waals surface area contributed by atoms with Gasteiger partial charge in [-0.25, -0.2) is 4.39 Å². The lowest BCUT2D eigenvalue weighted by Gasteiger charge is -2.22. The molecule has 2 atom stereocenters. The Morgan fingerprint density at radius 3 is 2.06 bits per heavy atom. The van der Waals surface area contributed by atoms with Crippen molar-refractivity contribution in [1.82, 2.24) is 0 Å². The molecule has 0 saturated carbocycles. The summed E-state index contributed by atoms with van der Waals surface area (Å²) >= 11 is 0. The summed E-state index contributed by atoms with van der Waals surface area (Å²) in [7, 11) is 0.